The number of ether oxygens (including phenoxy) is 1. The van der Waals surface area contributed by atoms with E-state index in [0.29, 0.717) is 12.3 Å². The van der Waals surface area contributed by atoms with E-state index in [4.69, 9.17) is 4.74 Å². The standard InChI is InChI=1S/C21H23N3O2/c1-16(14-24-13-12-22-15-24)23-21(25)17(2)26-20-10-8-19(9-11-20)18-6-4-3-5-7-18/h3-13,15-17H,14H2,1-2H3,(H,23,25)/t16-,17+/m1/s1. The van der Waals surface area contributed by atoms with Gasteiger partial charge in [0, 0.05) is 25.0 Å². The predicted octanol–water partition coefficient (Wildman–Crippen LogP) is 3.52. The molecule has 0 unspecified atom stereocenters. The van der Waals surface area contributed by atoms with Crippen LogP contribution in [0.15, 0.2) is 73.3 Å². The van der Waals surface area contributed by atoms with Crippen LogP contribution in [0.4, 0.5) is 0 Å². The Labute approximate surface area is 153 Å². The van der Waals surface area contributed by atoms with Gasteiger partial charge in [-0.25, -0.2) is 4.98 Å². The fourth-order valence-corrected chi connectivity index (χ4v) is 2.73. The van der Waals surface area contributed by atoms with Crippen LogP contribution in [0.1, 0.15) is 13.8 Å². The van der Waals surface area contributed by atoms with E-state index in [-0.39, 0.29) is 11.9 Å². The number of benzene rings is 2. The molecule has 26 heavy (non-hydrogen) atoms. The molecule has 2 atom stereocenters. The zero-order valence-corrected chi connectivity index (χ0v) is 15.0. The van der Waals surface area contributed by atoms with Crippen LogP contribution in [-0.4, -0.2) is 27.6 Å². The van der Waals surface area contributed by atoms with Gasteiger partial charge in [-0.3, -0.25) is 4.79 Å². The molecule has 1 heterocycles. The van der Waals surface area contributed by atoms with Crippen LogP contribution in [0.3, 0.4) is 0 Å². The SMILES string of the molecule is C[C@H](Cn1ccnc1)NC(=O)[C@H](C)Oc1ccc(-c2ccccc2)cc1. The first-order chi connectivity index (χ1) is 12.6. The molecule has 0 aliphatic carbocycles. The Balaban J connectivity index is 1.53. The number of rotatable bonds is 7. The average molecular weight is 349 g/mol. The minimum absolute atomic E-state index is 0.0109. The van der Waals surface area contributed by atoms with Crippen LogP contribution in [0.5, 0.6) is 5.75 Å². The largest absolute Gasteiger partial charge is 0.481 e. The van der Waals surface area contributed by atoms with Gasteiger partial charge in [0.25, 0.3) is 5.91 Å². The van der Waals surface area contributed by atoms with Crippen LogP contribution < -0.4 is 10.1 Å². The second-order valence-corrected chi connectivity index (χ2v) is 6.32. The van der Waals surface area contributed by atoms with Crippen molar-refractivity contribution in [3.05, 3.63) is 73.3 Å². The van der Waals surface area contributed by atoms with Crippen molar-refractivity contribution in [2.45, 2.75) is 32.5 Å². The summed E-state index contributed by atoms with van der Waals surface area (Å²) in [5, 5.41) is 2.96. The van der Waals surface area contributed by atoms with Crippen molar-refractivity contribution in [2.24, 2.45) is 0 Å². The average Bonchev–Trinajstić information content (AvgIpc) is 3.16. The molecule has 0 aliphatic heterocycles. The predicted molar refractivity (Wildman–Crippen MR) is 102 cm³/mol. The van der Waals surface area contributed by atoms with E-state index in [9.17, 15) is 4.79 Å². The van der Waals surface area contributed by atoms with Crippen molar-refractivity contribution in [1.29, 1.82) is 0 Å². The van der Waals surface area contributed by atoms with Crippen LogP contribution in [0.25, 0.3) is 11.1 Å². The third-order valence-corrected chi connectivity index (χ3v) is 4.08. The number of carbonyl (C=O) groups is 1. The maximum atomic E-state index is 12.3. The molecule has 0 spiro atoms. The number of amides is 1. The summed E-state index contributed by atoms with van der Waals surface area (Å²) in [6.45, 7) is 4.38. The summed E-state index contributed by atoms with van der Waals surface area (Å²) in [5.74, 6) is 0.541. The first-order valence-corrected chi connectivity index (χ1v) is 8.70. The van der Waals surface area contributed by atoms with Crippen LogP contribution in [0.2, 0.25) is 0 Å². The first kappa shape index (κ1) is 17.7. The van der Waals surface area contributed by atoms with E-state index in [2.05, 4.69) is 22.4 Å². The second-order valence-electron chi connectivity index (χ2n) is 6.32. The van der Waals surface area contributed by atoms with Crippen molar-refractivity contribution < 1.29 is 9.53 Å². The summed E-state index contributed by atoms with van der Waals surface area (Å²) in [7, 11) is 0. The summed E-state index contributed by atoms with van der Waals surface area (Å²) < 4.78 is 7.70. The quantitative estimate of drug-likeness (QED) is 0.710. The van der Waals surface area contributed by atoms with Gasteiger partial charge in [-0.05, 0) is 37.1 Å². The third-order valence-electron chi connectivity index (χ3n) is 4.08. The molecular weight excluding hydrogens is 326 g/mol. The van der Waals surface area contributed by atoms with E-state index < -0.39 is 6.10 Å². The zero-order chi connectivity index (χ0) is 18.4. The molecule has 0 fully saturated rings. The Hall–Kier alpha value is -3.08. The van der Waals surface area contributed by atoms with Crippen molar-refractivity contribution in [1.82, 2.24) is 14.9 Å². The molecule has 0 saturated heterocycles. The number of carbonyl (C=O) groups excluding carboxylic acids is 1. The fourth-order valence-electron chi connectivity index (χ4n) is 2.73. The minimum atomic E-state index is -0.567. The highest BCUT2D eigenvalue weighted by molar-refractivity contribution is 5.81. The Morgan fingerprint density at radius 2 is 1.77 bits per heavy atom. The number of hydrogen-bond donors (Lipinski definition) is 1. The van der Waals surface area contributed by atoms with Crippen LogP contribution in [-0.2, 0) is 11.3 Å². The summed E-state index contributed by atoms with van der Waals surface area (Å²) in [5.41, 5.74) is 2.27. The Morgan fingerprint density at radius 3 is 2.42 bits per heavy atom. The smallest absolute Gasteiger partial charge is 0.261 e. The maximum Gasteiger partial charge on any atom is 0.261 e. The lowest BCUT2D eigenvalue weighted by Crippen LogP contribution is -2.42. The molecular formula is C21H23N3O2. The molecule has 1 amide bonds. The van der Waals surface area contributed by atoms with Crippen molar-refractivity contribution >= 4 is 5.91 Å². The maximum absolute atomic E-state index is 12.3. The molecule has 0 aliphatic rings. The zero-order valence-electron chi connectivity index (χ0n) is 15.0. The molecule has 3 rings (SSSR count). The van der Waals surface area contributed by atoms with Gasteiger partial charge in [0.2, 0.25) is 0 Å². The molecule has 3 aromatic rings. The van der Waals surface area contributed by atoms with E-state index in [1.807, 2.05) is 60.2 Å². The van der Waals surface area contributed by atoms with Gasteiger partial charge < -0.3 is 14.6 Å². The monoisotopic (exact) mass is 349 g/mol. The molecule has 1 N–H and O–H groups in total. The fraction of sp³-hybridized carbons (Fsp3) is 0.238. The lowest BCUT2D eigenvalue weighted by molar-refractivity contribution is -0.127. The molecule has 1 aromatic heterocycles. The second kappa shape index (κ2) is 8.34. The van der Waals surface area contributed by atoms with E-state index in [0.717, 1.165) is 11.1 Å². The molecule has 0 saturated carbocycles. The first-order valence-electron chi connectivity index (χ1n) is 8.70. The van der Waals surface area contributed by atoms with Crippen molar-refractivity contribution in [3.63, 3.8) is 0 Å². The van der Waals surface area contributed by atoms with Gasteiger partial charge in [0.05, 0.1) is 6.33 Å². The molecule has 5 nitrogen and oxygen atoms in total. The summed E-state index contributed by atoms with van der Waals surface area (Å²) in [6, 6.07) is 17.9. The van der Waals surface area contributed by atoms with E-state index in [1.54, 1.807) is 19.4 Å². The van der Waals surface area contributed by atoms with Crippen LogP contribution in [0, 0.1) is 0 Å². The summed E-state index contributed by atoms with van der Waals surface area (Å²) in [4.78, 5) is 16.3. The van der Waals surface area contributed by atoms with E-state index in [1.165, 1.54) is 0 Å². The minimum Gasteiger partial charge on any atom is -0.481 e. The molecule has 5 heteroatoms. The lowest BCUT2D eigenvalue weighted by Gasteiger charge is -2.19. The molecule has 0 bridgehead atoms. The van der Waals surface area contributed by atoms with Crippen molar-refractivity contribution in [2.75, 3.05) is 0 Å². The van der Waals surface area contributed by atoms with Gasteiger partial charge in [0.1, 0.15) is 5.75 Å². The van der Waals surface area contributed by atoms with Gasteiger partial charge in [-0.15, -0.1) is 0 Å². The number of aromatic nitrogens is 2. The lowest BCUT2D eigenvalue weighted by atomic mass is 10.1. The van der Waals surface area contributed by atoms with E-state index >= 15 is 0 Å². The van der Waals surface area contributed by atoms with Gasteiger partial charge in [-0.1, -0.05) is 42.5 Å². The highest BCUT2D eigenvalue weighted by atomic mass is 16.5. The topological polar surface area (TPSA) is 56.2 Å². The number of imidazole rings is 1. The molecule has 134 valence electrons. The van der Waals surface area contributed by atoms with Crippen molar-refractivity contribution in [3.8, 4) is 16.9 Å². The van der Waals surface area contributed by atoms with Gasteiger partial charge in [0.15, 0.2) is 6.10 Å². The summed E-state index contributed by atoms with van der Waals surface area (Å²) in [6.07, 6.45) is 4.76. The van der Waals surface area contributed by atoms with Crippen LogP contribution >= 0.6 is 0 Å². The van der Waals surface area contributed by atoms with Gasteiger partial charge >= 0.3 is 0 Å². The molecule has 0 radical (unpaired) electrons. The normalized spacial score (nSPS) is 13.0. The third kappa shape index (κ3) is 4.72. The highest BCUT2D eigenvalue weighted by Gasteiger charge is 2.17. The number of nitrogens with zero attached hydrogens (tertiary/aromatic N) is 2. The van der Waals surface area contributed by atoms with Gasteiger partial charge in [-0.2, -0.15) is 0 Å². The Bertz CT molecular complexity index is 814. The highest BCUT2D eigenvalue weighted by Crippen LogP contribution is 2.22. The number of nitrogens with one attached hydrogen (secondary N) is 1. The number of hydrogen-bond acceptors (Lipinski definition) is 3. The Morgan fingerprint density at radius 1 is 1.08 bits per heavy atom. The Kier molecular flexibility index (Phi) is 5.69. The summed E-state index contributed by atoms with van der Waals surface area (Å²) >= 11 is 0. The molecule has 2 aromatic carbocycles.